The number of H-pyrrole nitrogens is 2. The lowest BCUT2D eigenvalue weighted by molar-refractivity contribution is 1.05. The van der Waals surface area contributed by atoms with Crippen molar-refractivity contribution in [3.8, 4) is 56.7 Å². The molecule has 8 heterocycles. The van der Waals surface area contributed by atoms with E-state index in [-0.39, 0.29) is 0 Å². The first kappa shape index (κ1) is 31.9. The predicted octanol–water partition coefficient (Wildman–Crippen LogP) is 9.55. The molecule has 8 aromatic heterocycles. The zero-order valence-electron chi connectivity index (χ0n) is 30.3. The number of imidazole rings is 1. The number of aromatic amines is 2. The minimum atomic E-state index is 0.384. The quantitative estimate of drug-likeness (QED) is 0.174. The maximum Gasteiger partial charge on any atom is 0.181 e. The maximum atomic E-state index is 5.54. The van der Waals surface area contributed by atoms with Gasteiger partial charge in [-0.1, -0.05) is 91.0 Å². The minimum Gasteiger partial charge on any atom is -0.342 e. The Kier molecular flexibility index (Phi) is 6.92. The van der Waals surface area contributed by atoms with Gasteiger partial charge in [0.25, 0.3) is 0 Å². The molecule has 12 rings (SSSR count). The van der Waals surface area contributed by atoms with E-state index in [0.717, 1.165) is 48.9 Å². The minimum absolute atomic E-state index is 0.384. The van der Waals surface area contributed by atoms with Gasteiger partial charge in [-0.2, -0.15) is 10.2 Å². The second kappa shape index (κ2) is 12.6. The molecule has 2 N–H and O–H groups in total. The third-order valence-electron chi connectivity index (χ3n) is 10.6. The fourth-order valence-corrected chi connectivity index (χ4v) is 7.93. The maximum absolute atomic E-state index is 5.54. The predicted molar refractivity (Wildman–Crippen MR) is 225 cm³/mol. The van der Waals surface area contributed by atoms with E-state index >= 15 is 0 Å². The van der Waals surface area contributed by atoms with Gasteiger partial charge in [-0.25, -0.2) is 29.9 Å². The lowest BCUT2D eigenvalue weighted by Gasteiger charge is -2.19. The van der Waals surface area contributed by atoms with Crippen molar-refractivity contribution in [2.75, 3.05) is 0 Å². The van der Waals surface area contributed by atoms with Crippen molar-refractivity contribution >= 4 is 65.5 Å². The second-order valence-corrected chi connectivity index (χ2v) is 14.0. The molecule has 0 saturated carbocycles. The average molecular weight is 747 g/mol. The number of fused-ring (bicyclic) bond motifs is 6. The summed E-state index contributed by atoms with van der Waals surface area (Å²) in [6.07, 6.45) is 6.93. The van der Waals surface area contributed by atoms with E-state index < -0.39 is 0 Å². The van der Waals surface area contributed by atoms with Crippen LogP contribution in [0.15, 0.2) is 146 Å². The van der Waals surface area contributed by atoms with Gasteiger partial charge < -0.3 is 4.98 Å². The summed E-state index contributed by atoms with van der Waals surface area (Å²) in [6.45, 7) is 0. The van der Waals surface area contributed by atoms with Crippen molar-refractivity contribution in [2.24, 2.45) is 0 Å². The van der Waals surface area contributed by atoms with Crippen molar-refractivity contribution in [1.82, 2.24) is 60.3 Å². The molecule has 12 nitrogen and oxygen atoms in total. The largest absolute Gasteiger partial charge is 0.342 e. The SMILES string of the molecule is c1ccc2nc(-c3c(-c4nncc5ccccc45)nc4cc(-c5n[nH]c6ccccc56)c(-c5ncc6[nH]cnc6n5)nc4c3-c3nccc4ccccc34)ccc2c1. The smallest absolute Gasteiger partial charge is 0.181 e. The highest BCUT2D eigenvalue weighted by molar-refractivity contribution is 6.13. The van der Waals surface area contributed by atoms with E-state index in [1.807, 2.05) is 103 Å². The number of hydrogen-bond donors (Lipinski definition) is 2. The average Bonchev–Trinajstić information content (AvgIpc) is 3.95. The van der Waals surface area contributed by atoms with Gasteiger partial charge in [0.1, 0.15) is 28.3 Å². The topological polar surface area (TPSA) is 160 Å². The molecule has 270 valence electrons. The summed E-state index contributed by atoms with van der Waals surface area (Å²) in [6, 6.07) is 40.5. The number of nitrogens with zero attached hydrogens (tertiary/aromatic N) is 10. The third-order valence-corrected chi connectivity index (χ3v) is 10.6. The molecule has 0 unspecified atom stereocenters. The first-order valence-electron chi connectivity index (χ1n) is 18.6. The highest BCUT2D eigenvalue weighted by Gasteiger charge is 2.28. The Bertz CT molecular complexity index is 3600. The van der Waals surface area contributed by atoms with E-state index in [1.54, 1.807) is 18.7 Å². The van der Waals surface area contributed by atoms with E-state index in [9.17, 15) is 0 Å². The van der Waals surface area contributed by atoms with Crippen LogP contribution in [0.4, 0.5) is 0 Å². The van der Waals surface area contributed by atoms with Crippen molar-refractivity contribution in [3.63, 3.8) is 0 Å². The lowest BCUT2D eigenvalue weighted by Crippen LogP contribution is -2.04. The van der Waals surface area contributed by atoms with E-state index in [2.05, 4.69) is 44.4 Å². The molecule has 58 heavy (non-hydrogen) atoms. The van der Waals surface area contributed by atoms with Crippen LogP contribution in [0.5, 0.6) is 0 Å². The summed E-state index contributed by atoms with van der Waals surface area (Å²) in [5.74, 6) is 0.384. The van der Waals surface area contributed by atoms with Gasteiger partial charge in [0.15, 0.2) is 11.5 Å². The molecule has 0 aliphatic rings. The first-order valence-corrected chi connectivity index (χ1v) is 18.6. The van der Waals surface area contributed by atoms with E-state index in [0.29, 0.717) is 73.3 Å². The summed E-state index contributed by atoms with van der Waals surface area (Å²) in [7, 11) is 0. The summed E-state index contributed by atoms with van der Waals surface area (Å²) < 4.78 is 0. The van der Waals surface area contributed by atoms with Gasteiger partial charge >= 0.3 is 0 Å². The van der Waals surface area contributed by atoms with Crippen LogP contribution in [-0.2, 0) is 0 Å². The van der Waals surface area contributed by atoms with Gasteiger partial charge in [0, 0.05) is 49.8 Å². The van der Waals surface area contributed by atoms with E-state index in [4.69, 9.17) is 40.1 Å². The fraction of sp³-hybridized carbons (Fsp3) is 0. The molecule has 4 aromatic carbocycles. The lowest BCUT2D eigenvalue weighted by atomic mass is 9.91. The van der Waals surface area contributed by atoms with Crippen LogP contribution in [-0.4, -0.2) is 60.3 Å². The monoisotopic (exact) mass is 746 g/mol. The molecule has 0 fully saturated rings. The Morgan fingerprint density at radius 3 is 2.19 bits per heavy atom. The molecule has 0 aliphatic carbocycles. The number of hydrogen-bond acceptors (Lipinski definition) is 10. The fourth-order valence-electron chi connectivity index (χ4n) is 7.93. The number of pyridine rings is 4. The molecule has 12 aromatic rings. The Morgan fingerprint density at radius 2 is 1.28 bits per heavy atom. The number of nitrogens with one attached hydrogen (secondary N) is 2. The van der Waals surface area contributed by atoms with Gasteiger partial charge in [-0.15, -0.1) is 5.10 Å². The van der Waals surface area contributed by atoms with Crippen molar-refractivity contribution in [3.05, 3.63) is 146 Å². The molecule has 0 saturated heterocycles. The Labute approximate surface area is 327 Å². The summed E-state index contributed by atoms with van der Waals surface area (Å²) >= 11 is 0. The highest BCUT2D eigenvalue weighted by Crippen LogP contribution is 2.46. The Morgan fingerprint density at radius 1 is 0.483 bits per heavy atom. The molecule has 12 heteroatoms. The second-order valence-electron chi connectivity index (χ2n) is 14.0. The van der Waals surface area contributed by atoms with Crippen LogP contribution in [0, 0.1) is 0 Å². The Hall–Kier alpha value is -8.38. The van der Waals surface area contributed by atoms with Gasteiger partial charge in [-0.3, -0.25) is 10.1 Å². The number of rotatable bonds is 5. The van der Waals surface area contributed by atoms with E-state index in [1.165, 1.54) is 0 Å². The van der Waals surface area contributed by atoms with Crippen molar-refractivity contribution in [1.29, 1.82) is 0 Å². The van der Waals surface area contributed by atoms with Gasteiger partial charge in [-0.05, 0) is 35.7 Å². The van der Waals surface area contributed by atoms with Crippen molar-refractivity contribution in [2.45, 2.75) is 0 Å². The molecule has 0 amide bonds. The molecular weight excluding hydrogens is 721 g/mol. The zero-order chi connectivity index (χ0) is 38.2. The normalized spacial score (nSPS) is 11.8. The van der Waals surface area contributed by atoms with Crippen molar-refractivity contribution < 1.29 is 0 Å². The summed E-state index contributed by atoms with van der Waals surface area (Å²) in [5.41, 5.74) is 10.0. The van der Waals surface area contributed by atoms with Gasteiger partial charge in [0.2, 0.25) is 0 Å². The summed E-state index contributed by atoms with van der Waals surface area (Å²) in [4.78, 5) is 38.8. The number of para-hydroxylation sites is 2. The molecule has 0 atom stereocenters. The van der Waals surface area contributed by atoms with Crippen LogP contribution in [0.25, 0.3) is 122 Å². The zero-order valence-corrected chi connectivity index (χ0v) is 30.3. The molecule has 0 radical (unpaired) electrons. The van der Waals surface area contributed by atoms with Gasteiger partial charge in [0.05, 0.1) is 52.2 Å². The highest BCUT2D eigenvalue weighted by atomic mass is 15.1. The van der Waals surface area contributed by atoms with Crippen LogP contribution >= 0.6 is 0 Å². The van der Waals surface area contributed by atoms with Crippen LogP contribution in [0.2, 0.25) is 0 Å². The van der Waals surface area contributed by atoms with Crippen LogP contribution in [0.1, 0.15) is 0 Å². The molecule has 0 bridgehead atoms. The summed E-state index contributed by atoms with van der Waals surface area (Å²) in [5, 5.41) is 23.0. The van der Waals surface area contributed by atoms with Crippen LogP contribution < -0.4 is 0 Å². The number of benzene rings is 4. The standard InChI is InChI=1S/C46H26N12/c1-4-12-28-25(9-1)19-20-47-40(28)38-37(34-18-17-26-10-3-7-15-32(26)52-34)44(41-29-13-5-2-11-27(29)22-51-57-41)53-35-21-31(39-30-14-6-8-16-33(30)56-58-39)42(54-43(35)38)46-48-23-36-45(55-46)50-24-49-36/h1-24H,(H,56,58)(H,48,49,50,55). The molecule has 0 aliphatic heterocycles. The first-order chi connectivity index (χ1) is 28.7. The van der Waals surface area contributed by atoms with Crippen LogP contribution in [0.3, 0.4) is 0 Å². The third kappa shape index (κ3) is 4.95. The molecule has 0 spiro atoms. The Balaban J connectivity index is 1.30. The molecular formula is C46H26N12. The number of aromatic nitrogens is 12.